The molecule has 0 amide bonds. The van der Waals surface area contributed by atoms with Crippen LogP contribution in [0.5, 0.6) is 0 Å². The minimum Gasteiger partial charge on any atom is -0.296 e. The summed E-state index contributed by atoms with van der Waals surface area (Å²) in [5.74, 6) is -0.00617. The topological polar surface area (TPSA) is 17.1 Å². The summed E-state index contributed by atoms with van der Waals surface area (Å²) in [6.07, 6.45) is 1.49. The van der Waals surface area contributed by atoms with E-state index in [4.69, 9.17) is 23.2 Å². The number of alkyl halides is 2. The van der Waals surface area contributed by atoms with Crippen LogP contribution in [0.15, 0.2) is 0 Å². The van der Waals surface area contributed by atoms with Crippen molar-refractivity contribution in [2.45, 2.75) is 23.6 Å². The van der Waals surface area contributed by atoms with Crippen molar-refractivity contribution in [3.05, 3.63) is 0 Å². The minimum atomic E-state index is -0.308. The van der Waals surface area contributed by atoms with Gasteiger partial charge in [-0.05, 0) is 12.8 Å². The number of hydrogen-bond acceptors (Lipinski definition) is 1. The molecule has 0 heterocycles. The molecule has 1 fully saturated rings. The summed E-state index contributed by atoms with van der Waals surface area (Å²) < 4.78 is 0. The standard InChI is InChI=1S/C5H6Cl2O/c6-3-1-2-4(7)5(3)8/h3-4H,1-2H2. The maximum atomic E-state index is 10.6. The van der Waals surface area contributed by atoms with E-state index in [-0.39, 0.29) is 16.5 Å². The smallest absolute Gasteiger partial charge is 0.168 e. The van der Waals surface area contributed by atoms with Gasteiger partial charge in [0.15, 0.2) is 5.78 Å². The molecule has 0 saturated heterocycles. The van der Waals surface area contributed by atoms with Crippen molar-refractivity contribution in [1.29, 1.82) is 0 Å². The quantitative estimate of drug-likeness (QED) is 0.482. The summed E-state index contributed by atoms with van der Waals surface area (Å²) in [5.41, 5.74) is 0. The summed E-state index contributed by atoms with van der Waals surface area (Å²) in [6, 6.07) is 0. The Kier molecular flexibility index (Phi) is 1.78. The second-order valence-corrected chi connectivity index (χ2v) is 2.97. The first-order valence-electron chi connectivity index (χ1n) is 2.53. The van der Waals surface area contributed by atoms with Crippen LogP contribution in [0.4, 0.5) is 0 Å². The predicted octanol–water partition coefficient (Wildman–Crippen LogP) is 1.56. The van der Waals surface area contributed by atoms with Crippen LogP contribution in [0.1, 0.15) is 12.8 Å². The molecule has 1 nitrogen and oxygen atoms in total. The lowest BCUT2D eigenvalue weighted by Gasteiger charge is -1.92. The molecule has 1 rings (SSSR count). The van der Waals surface area contributed by atoms with Gasteiger partial charge in [-0.3, -0.25) is 4.79 Å². The van der Waals surface area contributed by atoms with Crippen molar-refractivity contribution in [3.8, 4) is 0 Å². The van der Waals surface area contributed by atoms with Crippen molar-refractivity contribution in [1.82, 2.24) is 0 Å². The Hall–Kier alpha value is 0.250. The fraction of sp³-hybridized carbons (Fsp3) is 0.800. The minimum absolute atomic E-state index is 0.00617. The molecule has 1 aliphatic rings. The average molecular weight is 153 g/mol. The Morgan fingerprint density at radius 3 is 1.75 bits per heavy atom. The number of Topliss-reactive ketones (excluding diaryl/α,β-unsaturated/α-hetero) is 1. The SMILES string of the molecule is O=C1C(Cl)CCC1Cl. The van der Waals surface area contributed by atoms with E-state index in [9.17, 15) is 4.79 Å². The second-order valence-electron chi connectivity index (χ2n) is 1.91. The van der Waals surface area contributed by atoms with Gasteiger partial charge in [-0.25, -0.2) is 0 Å². The normalized spacial score (nSPS) is 38.5. The summed E-state index contributed by atoms with van der Waals surface area (Å²) in [7, 11) is 0. The lowest BCUT2D eigenvalue weighted by Crippen LogP contribution is -2.12. The van der Waals surface area contributed by atoms with E-state index in [1.807, 2.05) is 0 Å². The Morgan fingerprint density at radius 1 is 1.25 bits per heavy atom. The zero-order valence-corrected chi connectivity index (χ0v) is 5.74. The van der Waals surface area contributed by atoms with Gasteiger partial charge in [0, 0.05) is 0 Å². The van der Waals surface area contributed by atoms with Crippen molar-refractivity contribution < 1.29 is 4.79 Å². The van der Waals surface area contributed by atoms with Crippen LogP contribution in [0, 0.1) is 0 Å². The highest BCUT2D eigenvalue weighted by Crippen LogP contribution is 2.24. The highest BCUT2D eigenvalue weighted by atomic mass is 35.5. The van der Waals surface area contributed by atoms with Crippen molar-refractivity contribution in [2.24, 2.45) is 0 Å². The molecule has 2 atom stereocenters. The molecule has 3 heteroatoms. The van der Waals surface area contributed by atoms with Crippen LogP contribution in [-0.2, 0) is 4.79 Å². The predicted molar refractivity (Wildman–Crippen MR) is 33.5 cm³/mol. The molecule has 0 spiro atoms. The van der Waals surface area contributed by atoms with E-state index < -0.39 is 0 Å². The van der Waals surface area contributed by atoms with Crippen LogP contribution >= 0.6 is 23.2 Å². The van der Waals surface area contributed by atoms with Crippen molar-refractivity contribution >= 4 is 29.0 Å². The number of carbonyl (C=O) groups is 1. The summed E-state index contributed by atoms with van der Waals surface area (Å²) in [4.78, 5) is 10.6. The largest absolute Gasteiger partial charge is 0.296 e. The van der Waals surface area contributed by atoms with E-state index in [0.717, 1.165) is 12.8 Å². The van der Waals surface area contributed by atoms with Gasteiger partial charge in [0.05, 0.1) is 10.8 Å². The Morgan fingerprint density at radius 2 is 1.62 bits per heavy atom. The van der Waals surface area contributed by atoms with E-state index in [1.54, 1.807) is 0 Å². The van der Waals surface area contributed by atoms with Gasteiger partial charge in [0.2, 0.25) is 0 Å². The molecule has 0 aromatic carbocycles. The van der Waals surface area contributed by atoms with E-state index >= 15 is 0 Å². The molecule has 0 radical (unpaired) electrons. The molecular formula is C5H6Cl2O. The van der Waals surface area contributed by atoms with E-state index in [1.165, 1.54) is 0 Å². The Balaban J connectivity index is 2.57. The maximum absolute atomic E-state index is 10.6. The Bertz CT molecular complexity index is 101. The van der Waals surface area contributed by atoms with Crippen LogP contribution in [-0.4, -0.2) is 16.5 Å². The van der Waals surface area contributed by atoms with Crippen LogP contribution in [0.3, 0.4) is 0 Å². The molecule has 1 aliphatic carbocycles. The molecule has 0 aromatic rings. The molecule has 0 N–H and O–H groups in total. The third kappa shape index (κ3) is 0.981. The van der Waals surface area contributed by atoms with Gasteiger partial charge in [0.25, 0.3) is 0 Å². The van der Waals surface area contributed by atoms with Gasteiger partial charge in [-0.15, -0.1) is 23.2 Å². The first-order chi connectivity index (χ1) is 3.72. The summed E-state index contributed by atoms with van der Waals surface area (Å²) >= 11 is 11.0. The molecule has 0 aliphatic heterocycles. The molecule has 0 aromatic heterocycles. The van der Waals surface area contributed by atoms with Gasteiger partial charge in [0.1, 0.15) is 0 Å². The monoisotopic (exact) mass is 152 g/mol. The average Bonchev–Trinajstić information content (AvgIpc) is 1.98. The van der Waals surface area contributed by atoms with Crippen LogP contribution < -0.4 is 0 Å². The maximum Gasteiger partial charge on any atom is 0.168 e. The van der Waals surface area contributed by atoms with Crippen molar-refractivity contribution in [2.75, 3.05) is 0 Å². The zero-order valence-electron chi connectivity index (χ0n) is 4.23. The molecule has 0 bridgehead atoms. The van der Waals surface area contributed by atoms with Gasteiger partial charge < -0.3 is 0 Å². The molecule has 1 saturated carbocycles. The first kappa shape index (κ1) is 6.37. The second kappa shape index (κ2) is 2.24. The number of ketones is 1. The van der Waals surface area contributed by atoms with E-state index in [2.05, 4.69) is 0 Å². The number of halogens is 2. The molecular weight excluding hydrogens is 147 g/mol. The fourth-order valence-electron chi connectivity index (χ4n) is 0.773. The van der Waals surface area contributed by atoms with Gasteiger partial charge in [-0.1, -0.05) is 0 Å². The van der Waals surface area contributed by atoms with Gasteiger partial charge in [-0.2, -0.15) is 0 Å². The lowest BCUT2D eigenvalue weighted by molar-refractivity contribution is -0.116. The first-order valence-corrected chi connectivity index (χ1v) is 3.41. The zero-order chi connectivity index (χ0) is 6.15. The molecule has 2 unspecified atom stereocenters. The number of hydrogen-bond donors (Lipinski definition) is 0. The van der Waals surface area contributed by atoms with E-state index in [0.29, 0.717) is 0 Å². The van der Waals surface area contributed by atoms with Gasteiger partial charge >= 0.3 is 0 Å². The highest BCUT2D eigenvalue weighted by molar-refractivity contribution is 6.41. The van der Waals surface area contributed by atoms with Crippen molar-refractivity contribution in [3.63, 3.8) is 0 Å². The highest BCUT2D eigenvalue weighted by Gasteiger charge is 2.30. The lowest BCUT2D eigenvalue weighted by atomic mass is 10.3. The summed E-state index contributed by atoms with van der Waals surface area (Å²) in [5, 5.41) is -0.616. The third-order valence-electron chi connectivity index (χ3n) is 1.29. The summed E-state index contributed by atoms with van der Waals surface area (Å²) in [6.45, 7) is 0. The number of carbonyl (C=O) groups excluding carboxylic acids is 1. The molecule has 8 heavy (non-hydrogen) atoms. The van der Waals surface area contributed by atoms with Crippen LogP contribution in [0.2, 0.25) is 0 Å². The molecule has 46 valence electrons. The fourth-order valence-corrected chi connectivity index (χ4v) is 1.39. The van der Waals surface area contributed by atoms with Crippen LogP contribution in [0.25, 0.3) is 0 Å². The number of rotatable bonds is 0. The Labute approximate surface area is 58.0 Å². The third-order valence-corrected chi connectivity index (χ3v) is 2.16.